The maximum atomic E-state index is 12.1. The number of carbonyl (C=O) groups excluding carboxylic acids is 1. The van der Waals surface area contributed by atoms with Gasteiger partial charge in [-0.2, -0.15) is 0 Å². The molecule has 0 radical (unpaired) electrons. The SMILES string of the molecule is Cc1cccc(OCCC(=O)Nn2cnc3ccccc32)c1C. The van der Waals surface area contributed by atoms with Gasteiger partial charge >= 0.3 is 0 Å². The van der Waals surface area contributed by atoms with Crippen molar-refractivity contribution in [3.8, 4) is 5.75 Å². The molecule has 5 nitrogen and oxygen atoms in total. The average molecular weight is 309 g/mol. The molecule has 3 rings (SSSR count). The van der Waals surface area contributed by atoms with E-state index in [9.17, 15) is 4.79 Å². The maximum absolute atomic E-state index is 12.1. The van der Waals surface area contributed by atoms with Gasteiger partial charge in [-0.25, -0.2) is 9.66 Å². The predicted molar refractivity (Wildman–Crippen MR) is 90.1 cm³/mol. The Morgan fingerprint density at radius 2 is 2.00 bits per heavy atom. The zero-order valence-corrected chi connectivity index (χ0v) is 13.2. The first-order chi connectivity index (χ1) is 11.1. The van der Waals surface area contributed by atoms with Crippen LogP contribution in [0.25, 0.3) is 11.0 Å². The monoisotopic (exact) mass is 309 g/mol. The summed E-state index contributed by atoms with van der Waals surface area (Å²) in [6.07, 6.45) is 1.88. The number of hydrogen-bond donors (Lipinski definition) is 1. The number of fused-ring (bicyclic) bond motifs is 1. The highest BCUT2D eigenvalue weighted by atomic mass is 16.5. The van der Waals surface area contributed by atoms with Crippen LogP contribution >= 0.6 is 0 Å². The Hall–Kier alpha value is -2.82. The summed E-state index contributed by atoms with van der Waals surface area (Å²) in [5.41, 5.74) is 6.81. The highest BCUT2D eigenvalue weighted by Gasteiger charge is 2.07. The van der Waals surface area contributed by atoms with Crippen LogP contribution in [0, 0.1) is 13.8 Å². The van der Waals surface area contributed by atoms with E-state index in [1.807, 2.05) is 56.3 Å². The normalized spacial score (nSPS) is 10.7. The number of hydrogen-bond acceptors (Lipinski definition) is 3. The average Bonchev–Trinajstić information content (AvgIpc) is 2.95. The zero-order chi connectivity index (χ0) is 16.2. The number of aryl methyl sites for hydroxylation is 1. The molecule has 1 aromatic heterocycles. The van der Waals surface area contributed by atoms with Crippen LogP contribution in [0.1, 0.15) is 17.5 Å². The minimum atomic E-state index is -0.113. The van der Waals surface area contributed by atoms with Gasteiger partial charge < -0.3 is 4.74 Å². The van der Waals surface area contributed by atoms with E-state index in [1.165, 1.54) is 5.56 Å². The predicted octanol–water partition coefficient (Wildman–Crippen LogP) is 3.19. The van der Waals surface area contributed by atoms with Crippen LogP contribution in [-0.4, -0.2) is 22.2 Å². The lowest BCUT2D eigenvalue weighted by Crippen LogP contribution is -2.23. The lowest BCUT2D eigenvalue weighted by molar-refractivity contribution is -0.117. The Kier molecular flexibility index (Phi) is 4.28. The number of carbonyl (C=O) groups is 1. The van der Waals surface area contributed by atoms with Crippen molar-refractivity contribution < 1.29 is 9.53 Å². The summed E-state index contributed by atoms with van der Waals surface area (Å²) in [6.45, 7) is 4.39. The van der Waals surface area contributed by atoms with Gasteiger partial charge in [0.05, 0.1) is 24.1 Å². The van der Waals surface area contributed by atoms with Gasteiger partial charge in [0, 0.05) is 0 Å². The van der Waals surface area contributed by atoms with Gasteiger partial charge in [0.2, 0.25) is 5.91 Å². The first kappa shape index (κ1) is 15.1. The molecule has 0 spiro atoms. The fraction of sp³-hybridized carbons (Fsp3) is 0.222. The van der Waals surface area contributed by atoms with Crippen molar-refractivity contribution in [3.05, 3.63) is 59.9 Å². The molecule has 0 aliphatic rings. The van der Waals surface area contributed by atoms with Crippen LogP contribution in [0.4, 0.5) is 0 Å². The molecule has 1 heterocycles. The second-order valence-corrected chi connectivity index (χ2v) is 5.43. The van der Waals surface area contributed by atoms with Crippen molar-refractivity contribution in [2.75, 3.05) is 12.0 Å². The Labute approximate surface area is 134 Å². The van der Waals surface area contributed by atoms with Gasteiger partial charge in [0.1, 0.15) is 12.1 Å². The molecule has 0 aliphatic carbocycles. The molecule has 0 bridgehead atoms. The molecule has 0 unspecified atom stereocenters. The van der Waals surface area contributed by atoms with Gasteiger partial charge in [0.25, 0.3) is 0 Å². The van der Waals surface area contributed by atoms with Crippen molar-refractivity contribution in [2.45, 2.75) is 20.3 Å². The van der Waals surface area contributed by atoms with Crippen LogP contribution in [0.15, 0.2) is 48.8 Å². The molecule has 0 fully saturated rings. The Morgan fingerprint density at radius 1 is 1.17 bits per heavy atom. The van der Waals surface area contributed by atoms with E-state index in [0.717, 1.165) is 22.3 Å². The molecule has 0 saturated heterocycles. The van der Waals surface area contributed by atoms with E-state index in [4.69, 9.17) is 4.74 Å². The van der Waals surface area contributed by atoms with Crippen LogP contribution in [0.5, 0.6) is 5.75 Å². The quantitative estimate of drug-likeness (QED) is 0.787. The van der Waals surface area contributed by atoms with Gasteiger partial charge in [0.15, 0.2) is 0 Å². The van der Waals surface area contributed by atoms with Crippen LogP contribution in [-0.2, 0) is 4.79 Å². The number of nitrogens with zero attached hydrogens (tertiary/aromatic N) is 2. The van der Waals surface area contributed by atoms with E-state index in [1.54, 1.807) is 11.0 Å². The van der Waals surface area contributed by atoms with Crippen molar-refractivity contribution in [3.63, 3.8) is 0 Å². The molecular formula is C18H19N3O2. The molecule has 118 valence electrons. The number of ether oxygens (including phenoxy) is 1. The number of para-hydroxylation sites is 2. The molecule has 0 saturated carbocycles. The van der Waals surface area contributed by atoms with E-state index in [-0.39, 0.29) is 12.3 Å². The summed E-state index contributed by atoms with van der Waals surface area (Å²) >= 11 is 0. The minimum Gasteiger partial charge on any atom is -0.493 e. The van der Waals surface area contributed by atoms with Crippen molar-refractivity contribution in [2.24, 2.45) is 0 Å². The number of aromatic nitrogens is 2. The molecule has 3 aromatic rings. The minimum absolute atomic E-state index is 0.113. The van der Waals surface area contributed by atoms with E-state index >= 15 is 0 Å². The van der Waals surface area contributed by atoms with Crippen molar-refractivity contribution in [1.29, 1.82) is 0 Å². The van der Waals surface area contributed by atoms with Gasteiger partial charge in [-0.15, -0.1) is 0 Å². The summed E-state index contributed by atoms with van der Waals surface area (Å²) in [5, 5.41) is 0. The number of imidazole rings is 1. The van der Waals surface area contributed by atoms with Crippen LogP contribution < -0.4 is 10.2 Å². The molecule has 0 atom stereocenters. The third-order valence-electron chi connectivity index (χ3n) is 3.84. The smallest absolute Gasteiger partial charge is 0.242 e. The van der Waals surface area contributed by atoms with Crippen molar-refractivity contribution in [1.82, 2.24) is 9.66 Å². The molecule has 5 heteroatoms. The third-order valence-corrected chi connectivity index (χ3v) is 3.84. The highest BCUT2D eigenvalue weighted by Crippen LogP contribution is 2.20. The summed E-state index contributed by atoms with van der Waals surface area (Å²) < 4.78 is 7.34. The molecule has 1 N–H and O–H groups in total. The second-order valence-electron chi connectivity index (χ2n) is 5.43. The molecule has 0 aliphatic heterocycles. The zero-order valence-electron chi connectivity index (χ0n) is 13.2. The number of benzene rings is 2. The lowest BCUT2D eigenvalue weighted by atomic mass is 10.1. The molecule has 23 heavy (non-hydrogen) atoms. The first-order valence-electron chi connectivity index (χ1n) is 7.56. The highest BCUT2D eigenvalue weighted by molar-refractivity contribution is 5.86. The third kappa shape index (κ3) is 3.34. The standard InChI is InChI=1S/C18H19N3O2/c1-13-6-5-9-17(14(13)2)23-11-10-18(22)20-21-12-19-15-7-3-4-8-16(15)21/h3-9,12H,10-11H2,1-2H3,(H,20,22). The molecule has 1 amide bonds. The lowest BCUT2D eigenvalue weighted by Gasteiger charge is -2.11. The summed E-state index contributed by atoms with van der Waals surface area (Å²) in [4.78, 5) is 16.3. The van der Waals surface area contributed by atoms with Gasteiger partial charge in [-0.1, -0.05) is 24.3 Å². The largest absolute Gasteiger partial charge is 0.493 e. The topological polar surface area (TPSA) is 56.1 Å². The second kappa shape index (κ2) is 6.52. The Bertz CT molecular complexity index is 839. The van der Waals surface area contributed by atoms with Gasteiger partial charge in [-0.05, 0) is 43.2 Å². The molecule has 2 aromatic carbocycles. The van der Waals surface area contributed by atoms with E-state index < -0.39 is 0 Å². The first-order valence-corrected chi connectivity index (χ1v) is 7.56. The summed E-state index contributed by atoms with van der Waals surface area (Å²) in [7, 11) is 0. The van der Waals surface area contributed by atoms with Crippen LogP contribution in [0.3, 0.4) is 0 Å². The number of amides is 1. The fourth-order valence-corrected chi connectivity index (χ4v) is 2.37. The Balaban J connectivity index is 1.57. The van der Waals surface area contributed by atoms with Crippen molar-refractivity contribution >= 4 is 16.9 Å². The van der Waals surface area contributed by atoms with Crippen LogP contribution in [0.2, 0.25) is 0 Å². The Morgan fingerprint density at radius 3 is 2.87 bits per heavy atom. The number of rotatable bonds is 5. The van der Waals surface area contributed by atoms with E-state index in [0.29, 0.717) is 6.61 Å². The van der Waals surface area contributed by atoms with Gasteiger partial charge in [-0.3, -0.25) is 10.2 Å². The molecular weight excluding hydrogens is 290 g/mol. The van der Waals surface area contributed by atoms with E-state index in [2.05, 4.69) is 10.4 Å². The number of nitrogens with one attached hydrogen (secondary N) is 1. The summed E-state index contributed by atoms with van der Waals surface area (Å²) in [6, 6.07) is 13.6. The summed E-state index contributed by atoms with van der Waals surface area (Å²) in [5.74, 6) is 0.712. The fourth-order valence-electron chi connectivity index (χ4n) is 2.37. The maximum Gasteiger partial charge on any atom is 0.242 e.